The van der Waals surface area contributed by atoms with E-state index in [2.05, 4.69) is 68.3 Å². The lowest BCUT2D eigenvalue weighted by molar-refractivity contribution is -0.0825. The van der Waals surface area contributed by atoms with Gasteiger partial charge in [0.25, 0.3) is 0 Å². The first-order chi connectivity index (χ1) is 13.5. The standard InChI is InChI=1S/C23H20Br2O2S/c24-16-8-6-15(7-9-16)23-19(14-4-2-1-3-5-14)13-21(26)22(23,27)18-11-10-17(25)12-20(18)28-23/h1-6,8-12,15,19,21,26-27H,7,13H2/t15?,19-,21+,22?,23-/m0/s1. The number of hydrogen-bond donors (Lipinski definition) is 2. The third kappa shape index (κ3) is 2.53. The molecule has 0 radical (unpaired) electrons. The predicted octanol–water partition coefficient (Wildman–Crippen LogP) is 5.88. The van der Waals surface area contributed by atoms with Crippen molar-refractivity contribution in [1.82, 2.24) is 0 Å². The molecule has 5 atom stereocenters. The number of rotatable bonds is 2. The summed E-state index contributed by atoms with van der Waals surface area (Å²) in [7, 11) is 0. The highest BCUT2D eigenvalue weighted by Crippen LogP contribution is 2.71. The molecule has 1 heterocycles. The van der Waals surface area contributed by atoms with Gasteiger partial charge in [-0.1, -0.05) is 86.5 Å². The van der Waals surface area contributed by atoms with Crippen LogP contribution in [0.2, 0.25) is 0 Å². The minimum absolute atomic E-state index is 0.0461. The topological polar surface area (TPSA) is 40.5 Å². The van der Waals surface area contributed by atoms with Crippen molar-refractivity contribution >= 4 is 43.6 Å². The molecule has 0 amide bonds. The fourth-order valence-corrected chi connectivity index (χ4v) is 8.15. The van der Waals surface area contributed by atoms with Gasteiger partial charge in [-0.15, -0.1) is 11.8 Å². The molecule has 2 unspecified atom stereocenters. The Hall–Kier alpha value is -0.850. The molecule has 2 aromatic rings. The van der Waals surface area contributed by atoms with Crippen LogP contribution in [0.3, 0.4) is 0 Å². The van der Waals surface area contributed by atoms with Crippen LogP contribution in [-0.4, -0.2) is 21.1 Å². The highest BCUT2D eigenvalue weighted by Gasteiger charge is 2.71. The third-order valence-corrected chi connectivity index (χ3v) is 9.37. The van der Waals surface area contributed by atoms with E-state index in [9.17, 15) is 10.2 Å². The second-order valence-corrected chi connectivity index (χ2v) is 11.0. The molecule has 2 nitrogen and oxygen atoms in total. The minimum Gasteiger partial charge on any atom is -0.390 e. The first kappa shape index (κ1) is 19.1. The molecule has 28 heavy (non-hydrogen) atoms. The van der Waals surface area contributed by atoms with Gasteiger partial charge in [0.1, 0.15) is 5.60 Å². The van der Waals surface area contributed by atoms with E-state index in [4.69, 9.17) is 0 Å². The first-order valence-corrected chi connectivity index (χ1v) is 11.9. The fourth-order valence-electron chi connectivity index (χ4n) is 5.31. The molecular weight excluding hydrogens is 500 g/mol. The van der Waals surface area contributed by atoms with Crippen LogP contribution < -0.4 is 0 Å². The molecule has 2 aromatic carbocycles. The van der Waals surface area contributed by atoms with Gasteiger partial charge < -0.3 is 10.2 Å². The Bertz CT molecular complexity index is 989. The molecule has 1 fully saturated rings. The maximum absolute atomic E-state index is 12.2. The summed E-state index contributed by atoms with van der Waals surface area (Å²) in [4.78, 5) is 1.05. The van der Waals surface area contributed by atoms with E-state index >= 15 is 0 Å². The zero-order valence-electron chi connectivity index (χ0n) is 15.1. The second-order valence-electron chi connectivity index (χ2n) is 7.81. The van der Waals surface area contributed by atoms with E-state index in [-0.39, 0.29) is 11.8 Å². The van der Waals surface area contributed by atoms with Gasteiger partial charge in [0.15, 0.2) is 0 Å². The largest absolute Gasteiger partial charge is 0.390 e. The number of aliphatic hydroxyl groups excluding tert-OH is 1. The lowest BCUT2D eigenvalue weighted by atomic mass is 9.68. The average molecular weight is 520 g/mol. The summed E-state index contributed by atoms with van der Waals surface area (Å²) < 4.78 is 1.50. The van der Waals surface area contributed by atoms with Gasteiger partial charge in [0.2, 0.25) is 0 Å². The van der Waals surface area contributed by atoms with Crippen molar-refractivity contribution in [1.29, 1.82) is 0 Å². The number of allylic oxidation sites excluding steroid dienone is 4. The lowest BCUT2D eigenvalue weighted by Crippen LogP contribution is -2.53. The minimum atomic E-state index is -1.29. The van der Waals surface area contributed by atoms with E-state index in [0.29, 0.717) is 6.42 Å². The molecule has 2 aliphatic carbocycles. The van der Waals surface area contributed by atoms with Gasteiger partial charge in [0, 0.05) is 25.3 Å². The van der Waals surface area contributed by atoms with Crippen molar-refractivity contribution in [3.63, 3.8) is 0 Å². The van der Waals surface area contributed by atoms with E-state index in [0.717, 1.165) is 25.8 Å². The van der Waals surface area contributed by atoms with Crippen molar-refractivity contribution in [2.45, 2.75) is 40.1 Å². The highest BCUT2D eigenvalue weighted by atomic mass is 79.9. The maximum atomic E-state index is 12.2. The monoisotopic (exact) mass is 518 g/mol. The Morgan fingerprint density at radius 2 is 1.86 bits per heavy atom. The average Bonchev–Trinajstić information content (AvgIpc) is 3.09. The number of aliphatic hydroxyl groups is 2. The lowest BCUT2D eigenvalue weighted by Gasteiger charge is -2.46. The van der Waals surface area contributed by atoms with Gasteiger partial charge in [-0.3, -0.25) is 0 Å². The van der Waals surface area contributed by atoms with Gasteiger partial charge >= 0.3 is 0 Å². The van der Waals surface area contributed by atoms with E-state index < -0.39 is 16.5 Å². The molecule has 1 aliphatic heterocycles. The Kier molecular flexibility index (Phi) is 4.68. The van der Waals surface area contributed by atoms with Crippen molar-refractivity contribution in [3.8, 4) is 0 Å². The van der Waals surface area contributed by atoms with Gasteiger partial charge in [-0.25, -0.2) is 0 Å². The molecule has 144 valence electrons. The predicted molar refractivity (Wildman–Crippen MR) is 121 cm³/mol. The van der Waals surface area contributed by atoms with Gasteiger partial charge in [0.05, 0.1) is 10.9 Å². The Morgan fingerprint density at radius 3 is 2.57 bits per heavy atom. The third-order valence-electron chi connectivity index (χ3n) is 6.50. The van der Waals surface area contributed by atoms with E-state index in [1.807, 2.05) is 30.3 Å². The summed E-state index contributed by atoms with van der Waals surface area (Å²) in [5, 5.41) is 23.4. The quantitative estimate of drug-likeness (QED) is 0.520. The summed E-state index contributed by atoms with van der Waals surface area (Å²) in [5.41, 5.74) is 0.744. The van der Waals surface area contributed by atoms with Crippen molar-refractivity contribution in [2.75, 3.05) is 0 Å². The molecule has 2 N–H and O–H groups in total. The normalized spacial score (nSPS) is 36.1. The van der Waals surface area contributed by atoms with Crippen LogP contribution >= 0.6 is 43.6 Å². The van der Waals surface area contributed by atoms with Crippen LogP contribution in [0.1, 0.15) is 29.9 Å². The Morgan fingerprint density at radius 1 is 1.07 bits per heavy atom. The number of hydrogen-bond acceptors (Lipinski definition) is 3. The molecule has 0 aromatic heterocycles. The number of thioether (sulfide) groups is 1. The summed E-state index contributed by atoms with van der Waals surface area (Å²) >= 11 is 8.88. The smallest absolute Gasteiger partial charge is 0.133 e. The van der Waals surface area contributed by atoms with Crippen LogP contribution in [0.4, 0.5) is 0 Å². The van der Waals surface area contributed by atoms with Crippen LogP contribution in [0.25, 0.3) is 0 Å². The fraction of sp³-hybridized carbons (Fsp3) is 0.304. The molecular formula is C23H20Br2O2S. The Balaban J connectivity index is 1.74. The highest BCUT2D eigenvalue weighted by molar-refractivity contribution is 9.12. The van der Waals surface area contributed by atoms with Crippen LogP contribution in [0.15, 0.2) is 80.6 Å². The molecule has 0 bridgehead atoms. The van der Waals surface area contributed by atoms with Crippen LogP contribution in [0.5, 0.6) is 0 Å². The molecule has 0 saturated heterocycles. The summed E-state index contributed by atoms with van der Waals surface area (Å²) in [6.07, 6.45) is 7.03. The molecule has 3 aliphatic rings. The second kappa shape index (κ2) is 6.85. The summed E-state index contributed by atoms with van der Waals surface area (Å²) in [5.74, 6) is 0.155. The van der Waals surface area contributed by atoms with E-state index in [1.165, 1.54) is 5.56 Å². The number of halogens is 2. The SMILES string of the molecule is O[C@@H]1C[C@@H](c2ccccc2)[C@]2(C3C=CC(Br)=CC3)Sc3cc(Br)ccc3C12O. The Labute approximate surface area is 186 Å². The van der Waals surface area contributed by atoms with Crippen molar-refractivity contribution < 1.29 is 10.2 Å². The van der Waals surface area contributed by atoms with Crippen molar-refractivity contribution in [3.05, 3.63) is 86.8 Å². The number of benzene rings is 2. The first-order valence-electron chi connectivity index (χ1n) is 9.45. The van der Waals surface area contributed by atoms with E-state index in [1.54, 1.807) is 11.8 Å². The van der Waals surface area contributed by atoms with Crippen LogP contribution in [-0.2, 0) is 5.60 Å². The molecule has 1 saturated carbocycles. The molecule has 5 heteroatoms. The summed E-state index contributed by atoms with van der Waals surface area (Å²) in [6, 6.07) is 16.4. The van der Waals surface area contributed by atoms with Gasteiger partial charge in [-0.05, 0) is 36.5 Å². The number of fused-ring (bicyclic) bond motifs is 3. The summed E-state index contributed by atoms with van der Waals surface area (Å²) in [6.45, 7) is 0. The van der Waals surface area contributed by atoms with Crippen LogP contribution in [0, 0.1) is 5.92 Å². The molecule has 5 rings (SSSR count). The van der Waals surface area contributed by atoms with Gasteiger partial charge in [-0.2, -0.15) is 0 Å². The zero-order chi connectivity index (χ0) is 19.5. The zero-order valence-corrected chi connectivity index (χ0v) is 19.0. The maximum Gasteiger partial charge on any atom is 0.133 e. The van der Waals surface area contributed by atoms with Crippen molar-refractivity contribution in [2.24, 2.45) is 5.92 Å². The molecule has 0 spiro atoms.